The molecule has 0 spiro atoms. The van der Waals surface area contributed by atoms with E-state index in [4.69, 9.17) is 4.74 Å². The van der Waals surface area contributed by atoms with Crippen molar-refractivity contribution < 1.29 is 14.5 Å². The van der Waals surface area contributed by atoms with Crippen molar-refractivity contribution in [3.63, 3.8) is 0 Å². The van der Waals surface area contributed by atoms with Crippen molar-refractivity contribution in [3.05, 3.63) is 52.6 Å². The van der Waals surface area contributed by atoms with Crippen LogP contribution in [0.1, 0.15) is 6.92 Å². The van der Waals surface area contributed by atoms with Gasteiger partial charge in [-0.1, -0.05) is 0 Å². The second-order valence-corrected chi connectivity index (χ2v) is 4.10. The van der Waals surface area contributed by atoms with E-state index in [1.54, 1.807) is 25.3 Å². The third-order valence-electron chi connectivity index (χ3n) is 2.72. The molecule has 0 unspecified atom stereocenters. The summed E-state index contributed by atoms with van der Waals surface area (Å²) in [5, 5.41) is 13.8. The number of carbonyl (C=O) groups is 1. The monoisotopic (exact) mass is 290 g/mol. The van der Waals surface area contributed by atoms with E-state index in [0.29, 0.717) is 24.5 Å². The first kappa shape index (κ1) is 14.5. The van der Waals surface area contributed by atoms with Gasteiger partial charge in [0.1, 0.15) is 11.9 Å². The molecule has 0 saturated carbocycles. The molecule has 0 radical (unpaired) electrons. The van der Waals surface area contributed by atoms with Gasteiger partial charge < -0.3 is 10.1 Å². The van der Waals surface area contributed by atoms with Gasteiger partial charge in [-0.2, -0.15) is 0 Å². The molecule has 2 heterocycles. The van der Waals surface area contributed by atoms with Gasteiger partial charge in [0.2, 0.25) is 0 Å². The van der Waals surface area contributed by atoms with Crippen molar-refractivity contribution in [1.29, 1.82) is 0 Å². The van der Waals surface area contributed by atoms with Crippen molar-refractivity contribution >= 4 is 17.5 Å². The standard InChI is InChI=1S/C13H14N4O4/c1-2-21-13(18)16-7-4-10(5-8-16)15-11-3-6-14-9-12(11)17(19)20/h3-7,9H,2,8H2,1H3,(H,14,15). The summed E-state index contributed by atoms with van der Waals surface area (Å²) in [7, 11) is 0. The fourth-order valence-electron chi connectivity index (χ4n) is 1.72. The number of allylic oxidation sites excluding steroid dienone is 1. The normalized spacial score (nSPS) is 13.6. The van der Waals surface area contributed by atoms with Gasteiger partial charge in [-0.3, -0.25) is 20.0 Å². The summed E-state index contributed by atoms with van der Waals surface area (Å²) < 4.78 is 4.87. The highest BCUT2D eigenvalue weighted by Crippen LogP contribution is 2.24. The van der Waals surface area contributed by atoms with Crippen molar-refractivity contribution in [2.45, 2.75) is 6.92 Å². The summed E-state index contributed by atoms with van der Waals surface area (Å²) in [6.07, 6.45) is 7.16. The van der Waals surface area contributed by atoms with E-state index in [1.807, 2.05) is 0 Å². The Morgan fingerprint density at radius 1 is 1.62 bits per heavy atom. The summed E-state index contributed by atoms with van der Waals surface area (Å²) in [6, 6.07) is 1.52. The second-order valence-electron chi connectivity index (χ2n) is 4.10. The largest absolute Gasteiger partial charge is 0.449 e. The van der Waals surface area contributed by atoms with Crippen molar-refractivity contribution in [2.24, 2.45) is 0 Å². The molecule has 0 bridgehead atoms. The van der Waals surface area contributed by atoms with Crippen LogP contribution in [0.25, 0.3) is 0 Å². The fraction of sp³-hybridized carbons (Fsp3) is 0.231. The zero-order valence-electron chi connectivity index (χ0n) is 11.4. The molecule has 0 atom stereocenters. The molecule has 0 fully saturated rings. The first-order chi connectivity index (χ1) is 10.1. The van der Waals surface area contributed by atoms with Gasteiger partial charge in [0.15, 0.2) is 0 Å². The number of ether oxygens (including phenoxy) is 1. The van der Waals surface area contributed by atoms with Crippen LogP contribution in [0.2, 0.25) is 0 Å². The summed E-state index contributed by atoms with van der Waals surface area (Å²) >= 11 is 0. The predicted molar refractivity (Wildman–Crippen MR) is 75.5 cm³/mol. The van der Waals surface area contributed by atoms with Crippen LogP contribution in [-0.2, 0) is 4.74 Å². The lowest BCUT2D eigenvalue weighted by atomic mass is 10.2. The minimum Gasteiger partial charge on any atom is -0.449 e. The Morgan fingerprint density at radius 2 is 2.43 bits per heavy atom. The first-order valence-electron chi connectivity index (χ1n) is 6.29. The number of rotatable bonds is 4. The maximum Gasteiger partial charge on any atom is 0.414 e. The van der Waals surface area contributed by atoms with E-state index < -0.39 is 11.0 Å². The SMILES string of the molecule is CCOC(=O)N1C=CC(Nc2ccncc2[N+](=O)[O-])=CC1. The molecule has 1 amide bonds. The van der Waals surface area contributed by atoms with Crippen LogP contribution in [0.4, 0.5) is 16.2 Å². The van der Waals surface area contributed by atoms with Crippen LogP contribution < -0.4 is 5.32 Å². The number of nitrogens with zero attached hydrogens (tertiary/aromatic N) is 3. The lowest BCUT2D eigenvalue weighted by molar-refractivity contribution is -0.384. The number of aromatic nitrogens is 1. The Hall–Kier alpha value is -2.90. The quantitative estimate of drug-likeness (QED) is 0.674. The number of amides is 1. The fourth-order valence-corrected chi connectivity index (χ4v) is 1.72. The van der Waals surface area contributed by atoms with Crippen LogP contribution in [0, 0.1) is 10.1 Å². The maximum atomic E-state index is 11.5. The highest BCUT2D eigenvalue weighted by Gasteiger charge is 2.16. The summed E-state index contributed by atoms with van der Waals surface area (Å²) in [6.45, 7) is 2.37. The number of nitrogens with one attached hydrogen (secondary N) is 1. The van der Waals surface area contributed by atoms with E-state index in [1.165, 1.54) is 23.4 Å². The Morgan fingerprint density at radius 3 is 3.05 bits per heavy atom. The Labute approximate surface area is 120 Å². The Balaban J connectivity index is 2.05. The molecule has 1 aliphatic rings. The predicted octanol–water partition coefficient (Wildman–Crippen LogP) is 2.27. The smallest absolute Gasteiger partial charge is 0.414 e. The van der Waals surface area contributed by atoms with Gasteiger partial charge in [0.25, 0.3) is 0 Å². The zero-order chi connectivity index (χ0) is 15.2. The maximum absolute atomic E-state index is 11.5. The van der Waals surface area contributed by atoms with Crippen LogP contribution >= 0.6 is 0 Å². The lowest BCUT2D eigenvalue weighted by Crippen LogP contribution is -2.29. The molecule has 8 heteroatoms. The van der Waals surface area contributed by atoms with Crippen molar-refractivity contribution in [1.82, 2.24) is 9.88 Å². The molecule has 8 nitrogen and oxygen atoms in total. The van der Waals surface area contributed by atoms with Crippen molar-refractivity contribution in [3.8, 4) is 0 Å². The molecule has 21 heavy (non-hydrogen) atoms. The van der Waals surface area contributed by atoms with Crippen LogP contribution in [0.5, 0.6) is 0 Å². The van der Waals surface area contributed by atoms with Crippen molar-refractivity contribution in [2.75, 3.05) is 18.5 Å². The minimum absolute atomic E-state index is 0.111. The number of anilines is 1. The highest BCUT2D eigenvalue weighted by atomic mass is 16.6. The van der Waals surface area contributed by atoms with Crippen LogP contribution in [-0.4, -0.2) is 34.1 Å². The Kier molecular flexibility index (Phi) is 4.50. The molecule has 1 aromatic heterocycles. The van der Waals surface area contributed by atoms with Gasteiger partial charge >= 0.3 is 11.8 Å². The van der Waals surface area contributed by atoms with Crippen LogP contribution in [0.15, 0.2) is 42.5 Å². The number of hydrogen-bond acceptors (Lipinski definition) is 6. The molecule has 2 rings (SSSR count). The molecule has 110 valence electrons. The van der Waals surface area contributed by atoms with E-state index in [-0.39, 0.29) is 5.69 Å². The molecule has 0 aliphatic carbocycles. The zero-order valence-corrected chi connectivity index (χ0v) is 11.4. The minimum atomic E-state index is -0.507. The number of pyridine rings is 1. The third-order valence-corrected chi connectivity index (χ3v) is 2.72. The molecular weight excluding hydrogens is 276 g/mol. The molecule has 0 saturated heterocycles. The number of nitro groups is 1. The van der Waals surface area contributed by atoms with E-state index >= 15 is 0 Å². The number of carbonyl (C=O) groups excluding carboxylic acids is 1. The van der Waals surface area contributed by atoms with E-state index in [0.717, 1.165) is 0 Å². The van der Waals surface area contributed by atoms with E-state index in [9.17, 15) is 14.9 Å². The molecule has 1 aliphatic heterocycles. The summed E-state index contributed by atoms with van der Waals surface area (Å²) in [4.78, 5) is 27.0. The third kappa shape index (κ3) is 3.56. The molecule has 1 aromatic rings. The molecule has 0 aromatic carbocycles. The lowest BCUT2D eigenvalue weighted by Gasteiger charge is -2.20. The van der Waals surface area contributed by atoms with Gasteiger partial charge in [0.05, 0.1) is 11.5 Å². The molecule has 1 N–H and O–H groups in total. The number of hydrogen-bond donors (Lipinski definition) is 1. The van der Waals surface area contributed by atoms with E-state index in [2.05, 4.69) is 10.3 Å². The summed E-state index contributed by atoms with van der Waals surface area (Å²) in [5.74, 6) is 0. The average Bonchev–Trinajstić information content (AvgIpc) is 2.48. The van der Waals surface area contributed by atoms with Crippen LogP contribution in [0.3, 0.4) is 0 Å². The van der Waals surface area contributed by atoms with Gasteiger partial charge in [0, 0.05) is 24.6 Å². The second kappa shape index (κ2) is 6.51. The summed E-state index contributed by atoms with van der Waals surface area (Å²) in [5.41, 5.74) is 0.889. The van der Waals surface area contributed by atoms with Gasteiger partial charge in [-0.05, 0) is 25.1 Å². The molecular formula is C13H14N4O4. The van der Waals surface area contributed by atoms with Gasteiger partial charge in [-0.15, -0.1) is 0 Å². The topological polar surface area (TPSA) is 97.6 Å². The van der Waals surface area contributed by atoms with Gasteiger partial charge in [-0.25, -0.2) is 4.79 Å². The Bertz CT molecular complexity index is 612. The average molecular weight is 290 g/mol. The highest BCUT2D eigenvalue weighted by molar-refractivity contribution is 5.70. The first-order valence-corrected chi connectivity index (χ1v) is 6.29.